The van der Waals surface area contributed by atoms with E-state index < -0.39 is 11.7 Å². The lowest BCUT2D eigenvalue weighted by molar-refractivity contribution is -0.112. The second-order valence-electron chi connectivity index (χ2n) is 5.38. The number of alkyl halides is 1. The van der Waals surface area contributed by atoms with Crippen molar-refractivity contribution in [1.82, 2.24) is 10.2 Å². The highest BCUT2D eigenvalue weighted by Gasteiger charge is 2.15. The maximum Gasteiger partial charge on any atom is 0.220 e. The molecule has 0 saturated heterocycles. The van der Waals surface area contributed by atoms with Gasteiger partial charge in [-0.25, -0.2) is 4.39 Å². The monoisotopic (exact) mass is 359 g/mol. The van der Waals surface area contributed by atoms with Gasteiger partial charge in [0.25, 0.3) is 0 Å². The smallest absolute Gasteiger partial charge is 0.220 e. The molecule has 0 aliphatic rings. The molecule has 1 rings (SSSR count). The summed E-state index contributed by atoms with van der Waals surface area (Å²) in [4.78, 5) is 14.1. The Morgan fingerprint density at radius 1 is 1.56 bits per heavy atom. The minimum absolute atomic E-state index is 0.000738. The number of nitriles is 1. The van der Waals surface area contributed by atoms with Crippen LogP contribution in [0.25, 0.3) is 6.08 Å². The Balaban J connectivity index is 3.15. The van der Waals surface area contributed by atoms with E-state index in [1.807, 2.05) is 15.3 Å². The molecule has 0 aliphatic heterocycles. The molecule has 0 heterocycles. The van der Waals surface area contributed by atoms with E-state index in [-0.39, 0.29) is 17.9 Å². The molecule has 8 heteroatoms. The van der Waals surface area contributed by atoms with Gasteiger partial charge >= 0.3 is 0 Å². The summed E-state index contributed by atoms with van der Waals surface area (Å²) in [6, 6.07) is 6.80. The number of rotatable bonds is 8. The second kappa shape index (κ2) is 9.85. The predicted molar refractivity (Wildman–Crippen MR) is 101 cm³/mol. The van der Waals surface area contributed by atoms with Crippen molar-refractivity contribution >= 4 is 34.4 Å². The molecule has 0 saturated carbocycles. The molecule has 2 atom stereocenters. The van der Waals surface area contributed by atoms with E-state index in [0.717, 1.165) is 0 Å². The SMILES string of the molecule is [B]c1ccc(/C=C(\NC)C(=O)/C(C#N)=C/N(C)C)cc1OCC(F)P. The van der Waals surface area contributed by atoms with Gasteiger partial charge in [-0.05, 0) is 17.7 Å². The third-order valence-electron chi connectivity index (χ3n) is 3.01. The number of hydrogen-bond acceptors (Lipinski definition) is 5. The third-order valence-corrected chi connectivity index (χ3v) is 3.21. The van der Waals surface area contributed by atoms with Crippen LogP contribution in [0.4, 0.5) is 4.39 Å². The number of ketones is 1. The number of carbonyl (C=O) groups is 1. The van der Waals surface area contributed by atoms with Gasteiger partial charge in [-0.3, -0.25) is 4.79 Å². The van der Waals surface area contributed by atoms with Gasteiger partial charge in [0.15, 0.2) is 0 Å². The highest BCUT2D eigenvalue weighted by Crippen LogP contribution is 2.16. The second-order valence-corrected chi connectivity index (χ2v) is 6.10. The molecular formula is C17H20BFN3O2P. The maximum absolute atomic E-state index is 12.9. The van der Waals surface area contributed by atoms with Crippen molar-refractivity contribution in [3.63, 3.8) is 0 Å². The van der Waals surface area contributed by atoms with Gasteiger partial charge < -0.3 is 15.0 Å². The Morgan fingerprint density at radius 2 is 2.24 bits per heavy atom. The number of likely N-dealkylation sites (N-methyl/N-ethyl adjacent to an activating group) is 1. The molecule has 5 nitrogen and oxygen atoms in total. The number of nitrogens with zero attached hydrogens (tertiary/aromatic N) is 2. The Morgan fingerprint density at radius 3 is 2.76 bits per heavy atom. The highest BCUT2D eigenvalue weighted by molar-refractivity contribution is 7.17. The first-order valence-electron chi connectivity index (χ1n) is 7.43. The predicted octanol–water partition coefficient (Wildman–Crippen LogP) is 1.13. The van der Waals surface area contributed by atoms with Crippen LogP contribution in [0.3, 0.4) is 0 Å². The average molecular weight is 359 g/mol. The Kier molecular flexibility index (Phi) is 8.17. The molecule has 0 aliphatic carbocycles. The lowest BCUT2D eigenvalue weighted by Gasteiger charge is -2.12. The lowest BCUT2D eigenvalue weighted by atomic mass is 9.93. The summed E-state index contributed by atoms with van der Waals surface area (Å²) in [6.45, 7) is -0.149. The summed E-state index contributed by atoms with van der Waals surface area (Å²) in [7, 11) is 12.8. The Bertz CT molecular complexity index is 727. The van der Waals surface area contributed by atoms with Crippen LogP contribution in [-0.2, 0) is 4.79 Å². The van der Waals surface area contributed by atoms with Gasteiger partial charge in [0, 0.05) is 27.3 Å². The molecule has 1 aromatic rings. The topological polar surface area (TPSA) is 65.4 Å². The van der Waals surface area contributed by atoms with E-state index in [1.54, 1.807) is 50.3 Å². The van der Waals surface area contributed by atoms with Crippen molar-refractivity contribution in [2.45, 2.75) is 5.91 Å². The van der Waals surface area contributed by atoms with Crippen LogP contribution in [0.5, 0.6) is 5.75 Å². The summed E-state index contributed by atoms with van der Waals surface area (Å²) in [5.74, 6) is -1.32. The van der Waals surface area contributed by atoms with Crippen LogP contribution in [0.15, 0.2) is 35.7 Å². The van der Waals surface area contributed by atoms with Gasteiger partial charge in [-0.15, -0.1) is 0 Å². The first kappa shape index (κ1) is 20.7. The molecule has 0 aromatic heterocycles. The number of benzene rings is 1. The molecule has 2 unspecified atom stereocenters. The van der Waals surface area contributed by atoms with Crippen LogP contribution >= 0.6 is 9.24 Å². The van der Waals surface area contributed by atoms with Gasteiger partial charge in [-0.1, -0.05) is 26.8 Å². The number of hydrogen-bond donors (Lipinski definition) is 1. The summed E-state index contributed by atoms with van der Waals surface area (Å²) < 4.78 is 18.2. The van der Waals surface area contributed by atoms with Crippen LogP contribution in [0.2, 0.25) is 0 Å². The molecular weight excluding hydrogens is 339 g/mol. The first-order chi connectivity index (χ1) is 11.8. The van der Waals surface area contributed by atoms with Crippen molar-refractivity contribution in [2.24, 2.45) is 0 Å². The number of Topliss-reactive ketones (excluding diaryl/α,β-unsaturated/α-hetero) is 1. The average Bonchev–Trinajstić information content (AvgIpc) is 2.56. The minimum atomic E-state index is -1.21. The fourth-order valence-electron chi connectivity index (χ4n) is 1.89. The molecule has 1 aromatic carbocycles. The zero-order valence-corrected chi connectivity index (χ0v) is 15.6. The quantitative estimate of drug-likeness (QED) is 0.326. The van der Waals surface area contributed by atoms with Crippen molar-refractivity contribution in [3.8, 4) is 11.8 Å². The van der Waals surface area contributed by atoms with Crippen molar-refractivity contribution in [1.29, 1.82) is 5.26 Å². The van der Waals surface area contributed by atoms with Crippen LogP contribution in [0, 0.1) is 11.3 Å². The van der Waals surface area contributed by atoms with Crippen molar-refractivity contribution < 1.29 is 13.9 Å². The molecule has 1 N–H and O–H groups in total. The zero-order valence-electron chi connectivity index (χ0n) is 14.4. The van der Waals surface area contributed by atoms with E-state index in [2.05, 4.69) is 5.32 Å². The van der Waals surface area contributed by atoms with Gasteiger partial charge in [0.2, 0.25) is 5.78 Å². The van der Waals surface area contributed by atoms with E-state index >= 15 is 0 Å². The number of ether oxygens (including phenoxy) is 1. The Labute approximate surface area is 151 Å². The highest BCUT2D eigenvalue weighted by atomic mass is 31.0. The zero-order chi connectivity index (χ0) is 19.0. The van der Waals surface area contributed by atoms with Crippen LogP contribution in [-0.4, -0.2) is 52.2 Å². The lowest BCUT2D eigenvalue weighted by Crippen LogP contribution is -2.19. The summed E-state index contributed by atoms with van der Waals surface area (Å²) in [5, 5.41) is 12.0. The van der Waals surface area contributed by atoms with E-state index in [1.165, 1.54) is 6.20 Å². The summed E-state index contributed by atoms with van der Waals surface area (Å²) in [5.41, 5.74) is 1.23. The van der Waals surface area contributed by atoms with Gasteiger partial charge in [0.05, 0.1) is 5.70 Å². The number of carbonyl (C=O) groups excluding carboxylic acids is 1. The first-order valence-corrected chi connectivity index (χ1v) is 8.09. The molecule has 0 fully saturated rings. The Hall–Kier alpha value is -2.32. The molecule has 0 spiro atoms. The van der Waals surface area contributed by atoms with E-state index in [9.17, 15) is 9.18 Å². The number of halogens is 1. The van der Waals surface area contributed by atoms with Gasteiger partial charge in [-0.2, -0.15) is 5.26 Å². The maximum atomic E-state index is 12.9. The third kappa shape index (κ3) is 6.60. The largest absolute Gasteiger partial charge is 0.491 e. The molecule has 2 radical (unpaired) electrons. The van der Waals surface area contributed by atoms with Crippen molar-refractivity contribution in [2.75, 3.05) is 27.7 Å². The standard InChI is InChI=1S/C17H20BFN3O2P/c1-21-14(17(23)12(8-20)9-22(2)3)6-11-4-5-13(18)15(7-11)24-10-16(19)25/h4-7,9,16,21H,10,25H2,1-3H3/b12-9+,14-6-. The molecule has 0 amide bonds. The molecule has 0 bridgehead atoms. The number of allylic oxidation sites excluding steroid dienone is 1. The summed E-state index contributed by atoms with van der Waals surface area (Å²) >= 11 is 0. The van der Waals surface area contributed by atoms with Crippen LogP contribution < -0.4 is 15.5 Å². The van der Waals surface area contributed by atoms with E-state index in [0.29, 0.717) is 16.8 Å². The fraction of sp³-hybridized carbons (Fsp3) is 0.294. The fourth-order valence-corrected chi connectivity index (χ4v) is 1.99. The summed E-state index contributed by atoms with van der Waals surface area (Å²) in [6.07, 6.45) is 3.02. The number of nitrogens with one attached hydrogen (secondary N) is 1. The van der Waals surface area contributed by atoms with Crippen LogP contribution in [0.1, 0.15) is 5.56 Å². The van der Waals surface area contributed by atoms with Crippen molar-refractivity contribution in [3.05, 3.63) is 41.2 Å². The molecule has 25 heavy (non-hydrogen) atoms. The van der Waals surface area contributed by atoms with Gasteiger partial charge in [0.1, 0.15) is 37.8 Å². The van der Waals surface area contributed by atoms with E-state index in [4.69, 9.17) is 17.8 Å². The normalized spacial score (nSPS) is 13.0. The minimum Gasteiger partial charge on any atom is -0.491 e. The molecule has 130 valence electrons.